The van der Waals surface area contributed by atoms with Gasteiger partial charge in [-0.25, -0.2) is 5.43 Å². The highest BCUT2D eigenvalue weighted by atomic mass is 19.4. The number of nitrogens with zero attached hydrogens (tertiary/aromatic N) is 1. The molecule has 0 unspecified atom stereocenters. The van der Waals surface area contributed by atoms with Gasteiger partial charge in [0.25, 0.3) is 0 Å². The summed E-state index contributed by atoms with van der Waals surface area (Å²) in [6.07, 6.45) is -5.84. The van der Waals surface area contributed by atoms with Crippen LogP contribution in [0.2, 0.25) is 0 Å². The number of rotatable bonds is 6. The van der Waals surface area contributed by atoms with Crippen LogP contribution in [0, 0.1) is 0 Å². The van der Waals surface area contributed by atoms with E-state index in [0.29, 0.717) is 11.6 Å². The Balaban J connectivity index is 3.00. The maximum absolute atomic E-state index is 13.0. The predicted molar refractivity (Wildman–Crippen MR) is 66.2 cm³/mol. The lowest BCUT2D eigenvalue weighted by Gasteiger charge is -2.27. The molecule has 0 spiro atoms. The third kappa shape index (κ3) is 3.77. The third-order valence-corrected chi connectivity index (χ3v) is 2.59. The quantitative estimate of drug-likeness (QED) is 0.371. The molecule has 0 fully saturated rings. The van der Waals surface area contributed by atoms with Crippen LogP contribution in [-0.2, 0) is 0 Å². The number of hydrogen-bond acceptors (Lipinski definition) is 4. The largest absolute Gasteiger partial charge is 0.493 e. The average molecular weight is 348 g/mol. The molecule has 0 aliphatic heterocycles. The summed E-state index contributed by atoms with van der Waals surface area (Å²) in [5.41, 5.74) is 0.532. The number of hydrogen-bond donors (Lipinski definition) is 1. The number of para-hydroxylation sites is 1. The second kappa shape index (κ2) is 6.50. The minimum atomic E-state index is -6.44. The van der Waals surface area contributed by atoms with Crippen LogP contribution < -0.4 is 14.9 Å². The van der Waals surface area contributed by atoms with Crippen LogP contribution in [0.1, 0.15) is 5.56 Å². The van der Waals surface area contributed by atoms with E-state index < -0.39 is 18.1 Å². The maximum atomic E-state index is 13.0. The molecular weight excluding hydrogens is 337 g/mol. The van der Waals surface area contributed by atoms with E-state index in [0.717, 1.165) is 0 Å². The van der Waals surface area contributed by atoms with E-state index in [1.807, 2.05) is 0 Å². The molecule has 0 heterocycles. The van der Waals surface area contributed by atoms with Crippen molar-refractivity contribution in [2.75, 3.05) is 14.2 Å². The van der Waals surface area contributed by atoms with Gasteiger partial charge in [0.2, 0.25) is 0 Å². The van der Waals surface area contributed by atoms with Gasteiger partial charge in [-0.05, 0) is 12.1 Å². The van der Waals surface area contributed by atoms with Crippen molar-refractivity contribution in [1.29, 1.82) is 0 Å². The molecule has 1 N–H and O–H groups in total. The van der Waals surface area contributed by atoms with E-state index in [1.165, 1.54) is 32.4 Å². The first-order valence-electron chi connectivity index (χ1n) is 5.81. The SMILES string of the molecule is COc1cccc(/C=N\NC(F)(F)C(F)(F)C(F)(F)F)c1OC. The summed E-state index contributed by atoms with van der Waals surface area (Å²) in [6, 6.07) is -1.47. The summed E-state index contributed by atoms with van der Waals surface area (Å²) in [6.45, 7) is 0. The van der Waals surface area contributed by atoms with Gasteiger partial charge in [0, 0.05) is 5.56 Å². The van der Waals surface area contributed by atoms with Crippen molar-refractivity contribution >= 4 is 6.21 Å². The molecule has 0 aromatic heterocycles. The van der Waals surface area contributed by atoms with E-state index in [1.54, 1.807) is 0 Å². The molecule has 0 bridgehead atoms. The lowest BCUT2D eigenvalue weighted by atomic mass is 10.2. The zero-order valence-electron chi connectivity index (χ0n) is 11.7. The fourth-order valence-corrected chi connectivity index (χ4v) is 1.44. The van der Waals surface area contributed by atoms with Gasteiger partial charge in [0.1, 0.15) is 0 Å². The molecule has 0 atom stereocenters. The number of ether oxygens (including phenoxy) is 2. The van der Waals surface area contributed by atoms with Crippen LogP contribution >= 0.6 is 0 Å². The summed E-state index contributed by atoms with van der Waals surface area (Å²) in [4.78, 5) is 0. The van der Waals surface area contributed by atoms with Crippen molar-refractivity contribution in [1.82, 2.24) is 5.43 Å². The van der Waals surface area contributed by atoms with Gasteiger partial charge in [-0.2, -0.15) is 35.8 Å². The second-order valence-corrected chi connectivity index (χ2v) is 4.10. The summed E-state index contributed by atoms with van der Waals surface area (Å²) in [7, 11) is 2.50. The molecule has 130 valence electrons. The van der Waals surface area contributed by atoms with E-state index in [2.05, 4.69) is 5.10 Å². The lowest BCUT2D eigenvalue weighted by Crippen LogP contribution is -2.58. The molecule has 0 radical (unpaired) electrons. The van der Waals surface area contributed by atoms with Crippen molar-refractivity contribution in [3.63, 3.8) is 0 Å². The molecule has 1 aromatic carbocycles. The molecular formula is C12H11F7N2O2. The summed E-state index contributed by atoms with van der Waals surface area (Å²) in [5, 5.41) is 2.74. The number of nitrogens with one attached hydrogen (secondary N) is 1. The van der Waals surface area contributed by atoms with Crippen molar-refractivity contribution in [2.24, 2.45) is 5.10 Å². The number of alkyl halides is 7. The second-order valence-electron chi connectivity index (χ2n) is 4.10. The highest BCUT2D eigenvalue weighted by molar-refractivity contribution is 5.84. The topological polar surface area (TPSA) is 42.8 Å². The molecule has 11 heteroatoms. The first-order chi connectivity index (χ1) is 10.5. The van der Waals surface area contributed by atoms with Gasteiger partial charge in [0.15, 0.2) is 11.5 Å². The monoisotopic (exact) mass is 348 g/mol. The highest BCUT2D eigenvalue weighted by Crippen LogP contribution is 2.45. The van der Waals surface area contributed by atoms with Crippen molar-refractivity contribution in [2.45, 2.75) is 18.1 Å². The van der Waals surface area contributed by atoms with Crippen molar-refractivity contribution in [3.8, 4) is 11.5 Å². The van der Waals surface area contributed by atoms with E-state index in [4.69, 9.17) is 9.47 Å². The molecule has 1 aromatic rings. The van der Waals surface area contributed by atoms with E-state index >= 15 is 0 Å². The molecule has 0 aliphatic rings. The Hall–Kier alpha value is -2.20. The van der Waals surface area contributed by atoms with Crippen molar-refractivity contribution in [3.05, 3.63) is 23.8 Å². The molecule has 23 heavy (non-hydrogen) atoms. The Bertz CT molecular complexity index is 573. The van der Waals surface area contributed by atoms with Gasteiger partial charge in [0.05, 0.1) is 20.4 Å². The molecule has 0 aliphatic carbocycles. The fraction of sp³-hybridized carbons (Fsp3) is 0.417. The van der Waals surface area contributed by atoms with Gasteiger partial charge < -0.3 is 9.47 Å². The minimum Gasteiger partial charge on any atom is -0.493 e. The van der Waals surface area contributed by atoms with Crippen LogP contribution in [0.25, 0.3) is 0 Å². The normalized spacial score (nSPS) is 13.3. The smallest absolute Gasteiger partial charge is 0.462 e. The summed E-state index contributed by atoms with van der Waals surface area (Å²) >= 11 is 0. The van der Waals surface area contributed by atoms with Gasteiger partial charge in [-0.3, -0.25) is 0 Å². The Morgan fingerprint density at radius 1 is 1.00 bits per heavy atom. The molecule has 0 saturated carbocycles. The lowest BCUT2D eigenvalue weighted by molar-refractivity contribution is -0.361. The molecule has 1 rings (SSSR count). The van der Waals surface area contributed by atoms with Crippen LogP contribution in [0.3, 0.4) is 0 Å². The first kappa shape index (κ1) is 18.8. The van der Waals surface area contributed by atoms with Gasteiger partial charge in [-0.1, -0.05) is 6.07 Å². The van der Waals surface area contributed by atoms with Gasteiger partial charge in [-0.15, -0.1) is 0 Å². The highest BCUT2D eigenvalue weighted by Gasteiger charge is 2.73. The fourth-order valence-electron chi connectivity index (χ4n) is 1.44. The molecule has 4 nitrogen and oxygen atoms in total. The predicted octanol–water partition coefficient (Wildman–Crippen LogP) is 3.42. The van der Waals surface area contributed by atoms with Crippen molar-refractivity contribution < 1.29 is 40.2 Å². The van der Waals surface area contributed by atoms with Crippen LogP contribution in [0.15, 0.2) is 23.3 Å². The third-order valence-electron chi connectivity index (χ3n) is 2.59. The molecule has 0 saturated heterocycles. The number of benzene rings is 1. The Kier molecular flexibility index (Phi) is 5.33. The number of halogens is 7. The minimum absolute atomic E-state index is 0.0190. The van der Waals surface area contributed by atoms with Crippen LogP contribution in [0.4, 0.5) is 30.7 Å². The zero-order chi connectivity index (χ0) is 17.9. The Morgan fingerprint density at radius 2 is 1.61 bits per heavy atom. The van der Waals surface area contributed by atoms with E-state index in [9.17, 15) is 30.7 Å². The average Bonchev–Trinajstić information content (AvgIpc) is 2.45. The first-order valence-corrected chi connectivity index (χ1v) is 5.81. The molecule has 0 amide bonds. The zero-order valence-corrected chi connectivity index (χ0v) is 11.7. The Morgan fingerprint density at radius 3 is 2.09 bits per heavy atom. The number of hydrazone groups is 1. The Labute approximate surface area is 125 Å². The summed E-state index contributed by atoms with van der Waals surface area (Å²) < 4.78 is 96.9. The number of methoxy groups -OCH3 is 2. The van der Waals surface area contributed by atoms with E-state index in [-0.39, 0.29) is 17.1 Å². The van der Waals surface area contributed by atoms with Gasteiger partial charge >= 0.3 is 18.1 Å². The van der Waals surface area contributed by atoms with Crippen LogP contribution in [0.5, 0.6) is 11.5 Å². The maximum Gasteiger partial charge on any atom is 0.462 e. The van der Waals surface area contributed by atoms with Crippen LogP contribution in [-0.4, -0.2) is 38.6 Å². The summed E-state index contributed by atoms with van der Waals surface area (Å²) in [5.74, 6) is -6.08. The standard InChI is InChI=1S/C12H11F7N2O2/c1-22-8-5-3-4-7(9(8)23-2)6-20-21-12(18,19)10(13,14)11(15,16)17/h3-6,21H,1-2H3/b20-6-.